The van der Waals surface area contributed by atoms with E-state index in [1.165, 1.54) is 22.7 Å². The standard InChI is InChI=1S/C25H20Cl2N2O3S/c1-14-3-7-18(11-15(14)2)29-23(30)13-22(25(29)32)33-19-8-5-17(6-9-19)28-24(31)20-10-4-16(26)12-21(20)27/h3-12,22H,13H2,1-2H3,(H,28,31)/t22-/m1/s1. The van der Waals surface area contributed by atoms with E-state index in [2.05, 4.69) is 5.32 Å². The minimum Gasteiger partial charge on any atom is -0.322 e. The number of anilines is 2. The lowest BCUT2D eigenvalue weighted by Gasteiger charge is -2.16. The Labute approximate surface area is 206 Å². The molecule has 1 N–H and O–H groups in total. The Kier molecular flexibility index (Phi) is 6.79. The molecule has 0 bridgehead atoms. The van der Waals surface area contributed by atoms with Gasteiger partial charge in [0, 0.05) is 22.0 Å². The van der Waals surface area contributed by atoms with Crippen LogP contribution in [0.4, 0.5) is 11.4 Å². The number of rotatable bonds is 5. The Bertz CT molecular complexity index is 1260. The third-order valence-electron chi connectivity index (χ3n) is 5.42. The molecule has 5 nitrogen and oxygen atoms in total. The van der Waals surface area contributed by atoms with Crippen molar-refractivity contribution in [1.29, 1.82) is 0 Å². The molecule has 1 aliphatic rings. The molecule has 1 fully saturated rings. The predicted molar refractivity (Wildman–Crippen MR) is 134 cm³/mol. The summed E-state index contributed by atoms with van der Waals surface area (Å²) in [5.74, 6) is -0.773. The molecule has 0 radical (unpaired) electrons. The molecule has 0 spiro atoms. The number of imide groups is 1. The van der Waals surface area contributed by atoms with Gasteiger partial charge in [0.1, 0.15) is 0 Å². The third-order valence-corrected chi connectivity index (χ3v) is 7.17. The molecule has 3 aromatic carbocycles. The minimum absolute atomic E-state index is 0.143. The number of aryl methyl sites for hydroxylation is 2. The van der Waals surface area contributed by atoms with Crippen LogP contribution in [-0.4, -0.2) is 23.0 Å². The molecular formula is C25H20Cl2N2O3S. The van der Waals surface area contributed by atoms with Crippen LogP contribution in [0.15, 0.2) is 65.6 Å². The van der Waals surface area contributed by atoms with Crippen molar-refractivity contribution in [3.05, 3.63) is 87.4 Å². The van der Waals surface area contributed by atoms with Gasteiger partial charge in [0.05, 0.1) is 21.5 Å². The second-order valence-electron chi connectivity index (χ2n) is 7.75. The van der Waals surface area contributed by atoms with Crippen LogP contribution in [0.1, 0.15) is 27.9 Å². The van der Waals surface area contributed by atoms with E-state index in [1.807, 2.05) is 26.0 Å². The second-order valence-corrected chi connectivity index (χ2v) is 9.87. The van der Waals surface area contributed by atoms with Crippen molar-refractivity contribution in [2.24, 2.45) is 0 Å². The number of nitrogens with zero attached hydrogens (tertiary/aromatic N) is 1. The van der Waals surface area contributed by atoms with E-state index in [-0.39, 0.29) is 29.2 Å². The predicted octanol–water partition coefficient (Wildman–Crippen LogP) is 6.29. The molecule has 1 saturated heterocycles. The van der Waals surface area contributed by atoms with Gasteiger partial charge in [-0.3, -0.25) is 14.4 Å². The van der Waals surface area contributed by atoms with Crippen LogP contribution in [0, 0.1) is 13.8 Å². The van der Waals surface area contributed by atoms with Gasteiger partial charge in [0.2, 0.25) is 11.8 Å². The SMILES string of the molecule is Cc1ccc(N2C(=O)C[C@@H](Sc3ccc(NC(=O)c4ccc(Cl)cc4Cl)cc3)C2=O)cc1C. The molecule has 3 aromatic rings. The molecular weight excluding hydrogens is 479 g/mol. The van der Waals surface area contributed by atoms with Crippen LogP contribution < -0.4 is 10.2 Å². The molecule has 0 aromatic heterocycles. The Morgan fingerprint density at radius 3 is 2.36 bits per heavy atom. The fraction of sp³-hybridized carbons (Fsp3) is 0.160. The van der Waals surface area contributed by atoms with E-state index in [4.69, 9.17) is 23.2 Å². The fourth-order valence-electron chi connectivity index (χ4n) is 3.49. The summed E-state index contributed by atoms with van der Waals surface area (Å²) < 4.78 is 0. The average Bonchev–Trinajstić information content (AvgIpc) is 3.04. The summed E-state index contributed by atoms with van der Waals surface area (Å²) in [4.78, 5) is 40.1. The van der Waals surface area contributed by atoms with E-state index in [1.54, 1.807) is 42.5 Å². The Morgan fingerprint density at radius 2 is 1.70 bits per heavy atom. The molecule has 1 atom stereocenters. The van der Waals surface area contributed by atoms with Gasteiger partial charge in [0.15, 0.2) is 0 Å². The molecule has 8 heteroatoms. The van der Waals surface area contributed by atoms with Gasteiger partial charge in [-0.2, -0.15) is 0 Å². The number of nitrogens with one attached hydrogen (secondary N) is 1. The highest BCUT2D eigenvalue weighted by molar-refractivity contribution is 8.00. The average molecular weight is 499 g/mol. The zero-order valence-electron chi connectivity index (χ0n) is 17.9. The van der Waals surface area contributed by atoms with Crippen molar-refractivity contribution in [3.63, 3.8) is 0 Å². The number of amides is 3. The first-order chi connectivity index (χ1) is 15.7. The molecule has 4 rings (SSSR count). The number of halogens is 2. The van der Waals surface area contributed by atoms with Gasteiger partial charge < -0.3 is 5.32 Å². The Balaban J connectivity index is 1.42. The number of carbonyl (C=O) groups is 3. The number of thioether (sulfide) groups is 1. The first-order valence-corrected chi connectivity index (χ1v) is 11.8. The fourth-order valence-corrected chi connectivity index (χ4v) is 5.03. The summed E-state index contributed by atoms with van der Waals surface area (Å²) in [5, 5.41) is 3.02. The Morgan fingerprint density at radius 1 is 0.970 bits per heavy atom. The molecule has 33 heavy (non-hydrogen) atoms. The lowest BCUT2D eigenvalue weighted by atomic mass is 10.1. The molecule has 0 saturated carbocycles. The molecule has 3 amide bonds. The van der Waals surface area contributed by atoms with Crippen molar-refractivity contribution in [2.45, 2.75) is 30.4 Å². The maximum Gasteiger partial charge on any atom is 0.257 e. The number of carbonyl (C=O) groups excluding carboxylic acids is 3. The monoisotopic (exact) mass is 498 g/mol. The van der Waals surface area contributed by atoms with Crippen LogP contribution in [0.2, 0.25) is 10.0 Å². The quantitative estimate of drug-likeness (QED) is 0.420. The summed E-state index contributed by atoms with van der Waals surface area (Å²) in [7, 11) is 0. The number of hydrogen-bond acceptors (Lipinski definition) is 4. The van der Waals surface area contributed by atoms with E-state index < -0.39 is 5.25 Å². The largest absolute Gasteiger partial charge is 0.322 e. The summed E-state index contributed by atoms with van der Waals surface area (Å²) >= 11 is 13.3. The zero-order chi connectivity index (χ0) is 23.7. The van der Waals surface area contributed by atoms with Crippen LogP contribution in [0.25, 0.3) is 0 Å². The van der Waals surface area contributed by atoms with E-state index in [9.17, 15) is 14.4 Å². The van der Waals surface area contributed by atoms with E-state index in [0.29, 0.717) is 22.0 Å². The van der Waals surface area contributed by atoms with Crippen molar-refractivity contribution >= 4 is 64.1 Å². The minimum atomic E-state index is -0.493. The van der Waals surface area contributed by atoms with Gasteiger partial charge >= 0.3 is 0 Å². The number of hydrogen-bond donors (Lipinski definition) is 1. The molecule has 168 valence electrons. The maximum atomic E-state index is 12.9. The number of benzene rings is 3. The molecule has 0 unspecified atom stereocenters. The lowest BCUT2D eigenvalue weighted by molar-refractivity contribution is -0.121. The van der Waals surface area contributed by atoms with Gasteiger partial charge in [0.25, 0.3) is 5.91 Å². The smallest absolute Gasteiger partial charge is 0.257 e. The lowest BCUT2D eigenvalue weighted by Crippen LogP contribution is -2.31. The summed E-state index contributed by atoms with van der Waals surface area (Å²) in [6, 6.07) is 17.4. The van der Waals surface area contributed by atoms with E-state index in [0.717, 1.165) is 16.0 Å². The maximum absolute atomic E-state index is 12.9. The van der Waals surface area contributed by atoms with Gasteiger partial charge in [-0.05, 0) is 79.6 Å². The van der Waals surface area contributed by atoms with Gasteiger partial charge in [-0.1, -0.05) is 29.3 Å². The van der Waals surface area contributed by atoms with Crippen LogP contribution in [0.3, 0.4) is 0 Å². The van der Waals surface area contributed by atoms with Crippen molar-refractivity contribution in [3.8, 4) is 0 Å². The first kappa shape index (κ1) is 23.4. The van der Waals surface area contributed by atoms with Crippen LogP contribution >= 0.6 is 35.0 Å². The van der Waals surface area contributed by atoms with E-state index >= 15 is 0 Å². The van der Waals surface area contributed by atoms with Crippen molar-refractivity contribution in [2.75, 3.05) is 10.2 Å². The second kappa shape index (κ2) is 9.59. The molecule has 1 heterocycles. The Hall–Kier alpha value is -2.80. The zero-order valence-corrected chi connectivity index (χ0v) is 20.2. The first-order valence-electron chi connectivity index (χ1n) is 10.2. The van der Waals surface area contributed by atoms with Gasteiger partial charge in [-0.25, -0.2) is 4.90 Å². The highest BCUT2D eigenvalue weighted by Gasteiger charge is 2.40. The highest BCUT2D eigenvalue weighted by atomic mass is 35.5. The normalized spacial score (nSPS) is 15.8. The summed E-state index contributed by atoms with van der Waals surface area (Å²) in [6.07, 6.45) is 0.143. The third kappa shape index (κ3) is 5.08. The molecule has 1 aliphatic heterocycles. The van der Waals surface area contributed by atoms with Crippen LogP contribution in [0.5, 0.6) is 0 Å². The summed E-state index contributed by atoms with van der Waals surface area (Å²) in [6.45, 7) is 3.94. The van der Waals surface area contributed by atoms with Gasteiger partial charge in [-0.15, -0.1) is 11.8 Å². The topological polar surface area (TPSA) is 66.5 Å². The highest BCUT2D eigenvalue weighted by Crippen LogP contribution is 2.35. The van der Waals surface area contributed by atoms with Crippen molar-refractivity contribution in [1.82, 2.24) is 0 Å². The van der Waals surface area contributed by atoms with Crippen LogP contribution in [-0.2, 0) is 9.59 Å². The van der Waals surface area contributed by atoms with Crippen molar-refractivity contribution < 1.29 is 14.4 Å². The molecule has 0 aliphatic carbocycles. The summed E-state index contributed by atoms with van der Waals surface area (Å²) in [5.41, 5.74) is 3.65.